The zero-order valence-corrected chi connectivity index (χ0v) is 17.7. The summed E-state index contributed by atoms with van der Waals surface area (Å²) in [7, 11) is 0. The number of thiophene rings is 1. The SMILES string of the molecule is CCC1CCCCN1C(=O)Cn1c(=O)n(Cc2ccc(F)cc2)c(=O)c2sccc21. The Morgan fingerprint density at radius 2 is 1.90 bits per heavy atom. The van der Waals surface area contributed by atoms with Gasteiger partial charge in [0, 0.05) is 12.6 Å². The van der Waals surface area contributed by atoms with Gasteiger partial charge in [0.05, 0.1) is 12.1 Å². The van der Waals surface area contributed by atoms with Crippen LogP contribution in [0.4, 0.5) is 4.39 Å². The molecular weight excluding hydrogens is 405 g/mol. The van der Waals surface area contributed by atoms with E-state index in [1.54, 1.807) is 23.6 Å². The summed E-state index contributed by atoms with van der Waals surface area (Å²) in [4.78, 5) is 41.1. The zero-order chi connectivity index (χ0) is 21.3. The van der Waals surface area contributed by atoms with Gasteiger partial charge in [-0.05, 0) is 54.8 Å². The first-order valence-electron chi connectivity index (χ1n) is 10.2. The summed E-state index contributed by atoms with van der Waals surface area (Å²) in [6.07, 6.45) is 3.95. The van der Waals surface area contributed by atoms with E-state index in [-0.39, 0.29) is 36.4 Å². The van der Waals surface area contributed by atoms with E-state index >= 15 is 0 Å². The molecule has 0 radical (unpaired) electrons. The fourth-order valence-corrected chi connectivity index (χ4v) is 5.02. The molecule has 1 amide bonds. The predicted octanol–water partition coefficient (Wildman–Crippen LogP) is 3.20. The third-order valence-corrected chi connectivity index (χ3v) is 6.69. The van der Waals surface area contributed by atoms with Crippen LogP contribution in [0.25, 0.3) is 10.2 Å². The number of rotatable bonds is 5. The molecule has 8 heteroatoms. The Morgan fingerprint density at radius 3 is 2.63 bits per heavy atom. The lowest BCUT2D eigenvalue weighted by molar-refractivity contribution is -0.135. The number of benzene rings is 1. The molecule has 1 saturated heterocycles. The highest BCUT2D eigenvalue weighted by atomic mass is 32.1. The van der Waals surface area contributed by atoms with Crippen molar-refractivity contribution in [2.45, 2.75) is 51.7 Å². The molecule has 1 aliphatic heterocycles. The van der Waals surface area contributed by atoms with Crippen LogP contribution in [0.5, 0.6) is 0 Å². The van der Waals surface area contributed by atoms with Crippen LogP contribution in [0, 0.1) is 5.82 Å². The van der Waals surface area contributed by atoms with Crippen molar-refractivity contribution in [2.24, 2.45) is 0 Å². The van der Waals surface area contributed by atoms with Crippen LogP contribution in [0.3, 0.4) is 0 Å². The molecule has 3 heterocycles. The van der Waals surface area contributed by atoms with Crippen LogP contribution in [0.1, 0.15) is 38.2 Å². The lowest BCUT2D eigenvalue weighted by Crippen LogP contribution is -2.47. The average molecular weight is 430 g/mol. The number of carbonyl (C=O) groups is 1. The first-order chi connectivity index (χ1) is 14.5. The Hall–Kier alpha value is -2.74. The van der Waals surface area contributed by atoms with Crippen molar-refractivity contribution in [2.75, 3.05) is 6.54 Å². The van der Waals surface area contributed by atoms with Crippen molar-refractivity contribution >= 4 is 27.5 Å². The van der Waals surface area contributed by atoms with E-state index in [1.807, 2.05) is 4.90 Å². The van der Waals surface area contributed by atoms with E-state index in [1.165, 1.54) is 28.0 Å². The summed E-state index contributed by atoms with van der Waals surface area (Å²) < 4.78 is 16.2. The van der Waals surface area contributed by atoms with Crippen LogP contribution in [0.15, 0.2) is 45.3 Å². The fourth-order valence-electron chi connectivity index (χ4n) is 4.18. The molecule has 1 aliphatic rings. The smallest absolute Gasteiger partial charge is 0.332 e. The second kappa shape index (κ2) is 8.55. The Labute approximate surface area is 177 Å². The fraction of sp³-hybridized carbons (Fsp3) is 0.409. The minimum atomic E-state index is -0.520. The molecule has 1 fully saturated rings. The minimum absolute atomic E-state index is 0.0290. The van der Waals surface area contributed by atoms with Gasteiger partial charge in [0.1, 0.15) is 17.1 Å². The molecule has 0 saturated carbocycles. The molecule has 30 heavy (non-hydrogen) atoms. The minimum Gasteiger partial charge on any atom is -0.338 e. The van der Waals surface area contributed by atoms with E-state index < -0.39 is 5.69 Å². The van der Waals surface area contributed by atoms with Crippen LogP contribution >= 0.6 is 11.3 Å². The van der Waals surface area contributed by atoms with Crippen LogP contribution < -0.4 is 11.2 Å². The topological polar surface area (TPSA) is 64.3 Å². The van der Waals surface area contributed by atoms with E-state index in [0.29, 0.717) is 22.3 Å². The van der Waals surface area contributed by atoms with Crippen molar-refractivity contribution < 1.29 is 9.18 Å². The van der Waals surface area contributed by atoms with Gasteiger partial charge in [0.15, 0.2) is 0 Å². The number of piperidine rings is 1. The lowest BCUT2D eigenvalue weighted by Gasteiger charge is -2.35. The molecule has 4 rings (SSSR count). The van der Waals surface area contributed by atoms with Crippen LogP contribution in [0.2, 0.25) is 0 Å². The Bertz CT molecular complexity index is 1180. The lowest BCUT2D eigenvalue weighted by atomic mass is 10.00. The highest BCUT2D eigenvalue weighted by molar-refractivity contribution is 7.17. The average Bonchev–Trinajstić information content (AvgIpc) is 3.25. The molecule has 1 atom stereocenters. The number of fused-ring (bicyclic) bond motifs is 1. The summed E-state index contributed by atoms with van der Waals surface area (Å²) in [5.41, 5.74) is 0.228. The number of halogens is 1. The maximum Gasteiger partial charge on any atom is 0.332 e. The molecule has 0 aliphatic carbocycles. The standard InChI is InChI=1S/C22H24FN3O3S/c1-2-17-5-3-4-11-24(17)19(27)14-25-18-10-12-30-20(18)21(28)26(22(25)29)13-15-6-8-16(23)9-7-15/h6-10,12,17H,2-5,11,13-14H2,1H3. The number of hydrogen-bond acceptors (Lipinski definition) is 4. The molecule has 0 spiro atoms. The molecule has 3 aromatic rings. The quantitative estimate of drug-likeness (QED) is 0.626. The maximum atomic E-state index is 13.2. The summed E-state index contributed by atoms with van der Waals surface area (Å²) in [6.45, 7) is 2.71. The van der Waals surface area contributed by atoms with Gasteiger partial charge in [-0.25, -0.2) is 9.18 Å². The van der Waals surface area contributed by atoms with Crippen molar-refractivity contribution in [3.8, 4) is 0 Å². The number of carbonyl (C=O) groups excluding carboxylic acids is 1. The normalized spacial score (nSPS) is 16.9. The van der Waals surface area contributed by atoms with E-state index in [4.69, 9.17) is 0 Å². The first-order valence-corrected chi connectivity index (χ1v) is 11.1. The number of hydrogen-bond donors (Lipinski definition) is 0. The Morgan fingerprint density at radius 1 is 1.13 bits per heavy atom. The summed E-state index contributed by atoms with van der Waals surface area (Å²) in [6, 6.07) is 7.61. The summed E-state index contributed by atoms with van der Waals surface area (Å²) in [5.74, 6) is -0.474. The molecule has 1 unspecified atom stereocenters. The van der Waals surface area contributed by atoms with Gasteiger partial charge in [-0.15, -0.1) is 11.3 Å². The number of aromatic nitrogens is 2. The van der Waals surface area contributed by atoms with Gasteiger partial charge < -0.3 is 4.90 Å². The molecule has 6 nitrogen and oxygen atoms in total. The molecule has 158 valence electrons. The van der Waals surface area contributed by atoms with Crippen molar-refractivity contribution in [1.29, 1.82) is 0 Å². The highest BCUT2D eigenvalue weighted by Crippen LogP contribution is 2.21. The maximum absolute atomic E-state index is 13.2. The van der Waals surface area contributed by atoms with E-state index in [9.17, 15) is 18.8 Å². The molecule has 2 aromatic heterocycles. The first kappa shape index (κ1) is 20.5. The number of amides is 1. The largest absolute Gasteiger partial charge is 0.338 e. The van der Waals surface area contributed by atoms with Crippen molar-refractivity contribution in [3.63, 3.8) is 0 Å². The van der Waals surface area contributed by atoms with E-state index in [2.05, 4.69) is 6.92 Å². The summed E-state index contributed by atoms with van der Waals surface area (Å²) in [5, 5.41) is 1.75. The van der Waals surface area contributed by atoms with Gasteiger partial charge in [-0.2, -0.15) is 0 Å². The second-order valence-electron chi connectivity index (χ2n) is 7.67. The van der Waals surface area contributed by atoms with Gasteiger partial charge in [-0.3, -0.25) is 18.7 Å². The van der Waals surface area contributed by atoms with Gasteiger partial charge in [-0.1, -0.05) is 19.1 Å². The summed E-state index contributed by atoms with van der Waals surface area (Å²) >= 11 is 1.25. The van der Waals surface area contributed by atoms with Gasteiger partial charge in [0.25, 0.3) is 5.56 Å². The third kappa shape index (κ3) is 3.84. The van der Waals surface area contributed by atoms with Crippen molar-refractivity contribution in [3.05, 3.63) is 67.9 Å². The third-order valence-electron chi connectivity index (χ3n) is 5.80. The highest BCUT2D eigenvalue weighted by Gasteiger charge is 2.26. The molecule has 0 N–H and O–H groups in total. The monoisotopic (exact) mass is 429 g/mol. The van der Waals surface area contributed by atoms with Gasteiger partial charge in [0.2, 0.25) is 5.91 Å². The van der Waals surface area contributed by atoms with Crippen molar-refractivity contribution in [1.82, 2.24) is 14.0 Å². The number of likely N-dealkylation sites (tertiary alicyclic amines) is 1. The van der Waals surface area contributed by atoms with Gasteiger partial charge >= 0.3 is 5.69 Å². The predicted molar refractivity (Wildman–Crippen MR) is 115 cm³/mol. The molecule has 0 bridgehead atoms. The second-order valence-corrected chi connectivity index (χ2v) is 8.58. The zero-order valence-electron chi connectivity index (χ0n) is 16.8. The number of nitrogens with zero attached hydrogens (tertiary/aromatic N) is 3. The van der Waals surface area contributed by atoms with E-state index in [0.717, 1.165) is 30.3 Å². The van der Waals surface area contributed by atoms with Crippen LogP contribution in [-0.4, -0.2) is 32.5 Å². The van der Waals surface area contributed by atoms with Crippen LogP contribution in [-0.2, 0) is 17.9 Å². The Balaban J connectivity index is 1.73. The molecule has 1 aromatic carbocycles. The molecular formula is C22H24FN3O3S. The Kier molecular flexibility index (Phi) is 5.85.